The minimum Gasteiger partial charge on any atom is -0.363 e. The van der Waals surface area contributed by atoms with Gasteiger partial charge in [-0.3, -0.25) is 19.2 Å². The van der Waals surface area contributed by atoms with Crippen LogP contribution < -0.4 is 21.7 Å². The highest BCUT2D eigenvalue weighted by molar-refractivity contribution is 7.86. The normalized spacial score (nSPS) is 24.3. The fourth-order valence-electron chi connectivity index (χ4n) is 6.41. The second-order valence-corrected chi connectivity index (χ2v) is 18.1. The molecule has 5 N–H and O–H groups in total. The molecule has 1 saturated carbocycles. The maximum atomic E-state index is 14.3. The maximum absolute atomic E-state index is 14.3. The number of nitrogens with two attached hydrogens (primary N) is 1. The number of carbonyl (C=O) groups is 5. The van der Waals surface area contributed by atoms with Crippen molar-refractivity contribution >= 4 is 39.7 Å². The topological polar surface area (TPSA) is 191 Å². The first kappa shape index (κ1) is 38.7. The molecule has 3 aliphatic rings. The molecule has 15 heteroatoms. The number of amides is 5. The van der Waals surface area contributed by atoms with E-state index < -0.39 is 74.7 Å². The molecule has 1 aliphatic carbocycles. The third-order valence-electron chi connectivity index (χ3n) is 9.72. The molecule has 14 nitrogen and oxygen atoms in total. The summed E-state index contributed by atoms with van der Waals surface area (Å²) >= 11 is 0. The van der Waals surface area contributed by atoms with Gasteiger partial charge in [0.1, 0.15) is 12.1 Å². The van der Waals surface area contributed by atoms with E-state index in [1.54, 1.807) is 0 Å². The van der Waals surface area contributed by atoms with Crippen LogP contribution in [0, 0.1) is 28.6 Å². The molecule has 2 aliphatic heterocycles. The van der Waals surface area contributed by atoms with Crippen LogP contribution in [-0.4, -0.2) is 109 Å². The Morgan fingerprint density at radius 2 is 1.49 bits per heavy atom. The van der Waals surface area contributed by atoms with E-state index in [1.165, 1.54) is 20.6 Å². The highest BCUT2D eigenvalue weighted by Gasteiger charge is 2.48. The van der Waals surface area contributed by atoms with E-state index in [9.17, 15) is 32.4 Å². The van der Waals surface area contributed by atoms with Crippen molar-refractivity contribution in [1.29, 1.82) is 0 Å². The third kappa shape index (κ3) is 9.65. The van der Waals surface area contributed by atoms with E-state index in [4.69, 9.17) is 5.73 Å². The monoisotopic (exact) mass is 683 g/mol. The van der Waals surface area contributed by atoms with Crippen LogP contribution in [0.15, 0.2) is 0 Å². The van der Waals surface area contributed by atoms with Crippen LogP contribution in [0.25, 0.3) is 0 Å². The van der Waals surface area contributed by atoms with E-state index in [0.29, 0.717) is 32.4 Å². The zero-order valence-electron chi connectivity index (χ0n) is 29.6. The second-order valence-electron chi connectivity index (χ2n) is 16.0. The summed E-state index contributed by atoms with van der Waals surface area (Å²) in [6.45, 7) is 16.2. The zero-order chi connectivity index (χ0) is 35.6. The summed E-state index contributed by atoms with van der Waals surface area (Å²) in [5, 5.41) is 8.53. The molecule has 3 rings (SSSR count). The van der Waals surface area contributed by atoms with E-state index >= 15 is 0 Å². The smallest absolute Gasteiger partial charge is 0.315 e. The van der Waals surface area contributed by atoms with Crippen molar-refractivity contribution < 1.29 is 32.4 Å². The average molecular weight is 684 g/mol. The number of nitrogens with zero attached hydrogens (tertiary/aromatic N) is 3. The molecule has 5 amide bonds. The van der Waals surface area contributed by atoms with Crippen LogP contribution in [-0.2, 0) is 29.4 Å². The summed E-state index contributed by atoms with van der Waals surface area (Å²) in [5.74, 6) is -2.89. The Morgan fingerprint density at radius 1 is 0.872 bits per heavy atom. The number of hydrogen-bond acceptors (Lipinski definition) is 7. The molecule has 0 radical (unpaired) electrons. The van der Waals surface area contributed by atoms with Crippen LogP contribution in [0.2, 0.25) is 0 Å². The minimum atomic E-state index is -3.66. The van der Waals surface area contributed by atoms with Crippen molar-refractivity contribution in [2.24, 2.45) is 34.3 Å². The Balaban J connectivity index is 1.83. The average Bonchev–Trinajstić information content (AvgIpc) is 3.64. The first-order valence-electron chi connectivity index (χ1n) is 16.8. The molecule has 268 valence electrons. The molecule has 0 aromatic rings. The van der Waals surface area contributed by atoms with Gasteiger partial charge in [0.25, 0.3) is 16.1 Å². The van der Waals surface area contributed by atoms with Crippen LogP contribution in [0.5, 0.6) is 0 Å². The van der Waals surface area contributed by atoms with Crippen LogP contribution >= 0.6 is 0 Å². The lowest BCUT2D eigenvalue weighted by Crippen LogP contribution is -2.63. The van der Waals surface area contributed by atoms with Gasteiger partial charge in [0.2, 0.25) is 17.6 Å². The Kier molecular flexibility index (Phi) is 12.2. The van der Waals surface area contributed by atoms with Gasteiger partial charge in [-0.15, -0.1) is 0 Å². The number of ketones is 1. The molecule has 0 aromatic carbocycles. The van der Waals surface area contributed by atoms with Gasteiger partial charge in [-0.1, -0.05) is 68.2 Å². The predicted molar refractivity (Wildman–Crippen MR) is 178 cm³/mol. The first-order chi connectivity index (χ1) is 21.5. The van der Waals surface area contributed by atoms with Crippen LogP contribution in [0.4, 0.5) is 4.79 Å². The largest absolute Gasteiger partial charge is 0.363 e. The van der Waals surface area contributed by atoms with Gasteiger partial charge in [-0.2, -0.15) is 17.0 Å². The van der Waals surface area contributed by atoms with Crippen molar-refractivity contribution in [3.63, 3.8) is 0 Å². The number of likely N-dealkylation sites (tertiary alicyclic amines) is 1. The number of primary amides is 1. The van der Waals surface area contributed by atoms with E-state index in [1.807, 2.05) is 55.4 Å². The first-order valence-corrected chi connectivity index (χ1v) is 18.2. The standard InChI is InChI=1S/C32H57N7O7S/c1-19(2)21-13-16-39(24(21)28(42)34-22(17-20-11-12-20)25(40)27(33)41)29(43)26(32(6,7)8)36-30(44)35-23(31(3,4)5)18-38-15-10-14-37(9)47(38,45)46/h19-24,26H,10-18H2,1-9H3,(H2,33,41)(H,34,42)(H2,35,36,44)/t21-,22?,23-,24+,26-/m1/s1. The van der Waals surface area contributed by atoms with Crippen molar-refractivity contribution in [2.45, 2.75) is 112 Å². The summed E-state index contributed by atoms with van der Waals surface area (Å²) in [5.41, 5.74) is 4.01. The third-order valence-corrected chi connectivity index (χ3v) is 11.7. The van der Waals surface area contributed by atoms with Gasteiger partial charge < -0.3 is 26.6 Å². The molecule has 2 heterocycles. The minimum absolute atomic E-state index is 0.0271. The van der Waals surface area contributed by atoms with Gasteiger partial charge in [0, 0.05) is 39.3 Å². The summed E-state index contributed by atoms with van der Waals surface area (Å²) in [7, 11) is -2.13. The zero-order valence-corrected chi connectivity index (χ0v) is 30.4. The number of rotatable bonds is 12. The maximum Gasteiger partial charge on any atom is 0.315 e. The lowest BCUT2D eigenvalue weighted by molar-refractivity contribution is -0.144. The SMILES string of the molecule is CC(C)[C@H]1CCN(C(=O)[C@@H](NC(=O)N[C@H](CN2CCCN(C)S2(=O)=O)C(C)(C)C)C(C)(C)C)[C@@H]1C(=O)NC(CC1CC1)C(=O)C(N)=O. The molecule has 47 heavy (non-hydrogen) atoms. The molecular weight excluding hydrogens is 626 g/mol. The highest BCUT2D eigenvalue weighted by Crippen LogP contribution is 2.36. The molecule has 0 bridgehead atoms. The fourth-order valence-corrected chi connectivity index (χ4v) is 7.86. The highest BCUT2D eigenvalue weighted by atomic mass is 32.2. The fraction of sp³-hybridized carbons (Fsp3) is 0.844. The quantitative estimate of drug-likeness (QED) is 0.222. The number of carbonyl (C=O) groups excluding carboxylic acids is 5. The summed E-state index contributed by atoms with van der Waals surface area (Å²) in [6.07, 6.45) is 3.34. The van der Waals surface area contributed by atoms with Crippen molar-refractivity contribution in [3.8, 4) is 0 Å². The number of Topliss-reactive ketones (excluding diaryl/α,β-unsaturated/α-hetero) is 1. The number of hydrogen-bond donors (Lipinski definition) is 4. The molecular formula is C32H57N7O7S. The molecule has 3 fully saturated rings. The van der Waals surface area contributed by atoms with Gasteiger partial charge >= 0.3 is 6.03 Å². The van der Waals surface area contributed by atoms with Gasteiger partial charge in [-0.25, -0.2) is 4.79 Å². The van der Waals surface area contributed by atoms with Crippen LogP contribution in [0.3, 0.4) is 0 Å². The van der Waals surface area contributed by atoms with Gasteiger partial charge in [0.15, 0.2) is 0 Å². The predicted octanol–water partition coefficient (Wildman–Crippen LogP) is 1.21. The molecule has 2 saturated heterocycles. The lowest BCUT2D eigenvalue weighted by Gasteiger charge is -2.40. The van der Waals surface area contributed by atoms with E-state index in [2.05, 4.69) is 16.0 Å². The van der Waals surface area contributed by atoms with E-state index in [-0.39, 0.29) is 30.8 Å². The Labute approximate surface area is 280 Å². The Morgan fingerprint density at radius 3 is 2.00 bits per heavy atom. The van der Waals surface area contributed by atoms with Gasteiger partial charge in [-0.05, 0) is 47.8 Å². The van der Waals surface area contributed by atoms with Gasteiger partial charge in [0.05, 0.1) is 6.04 Å². The van der Waals surface area contributed by atoms with Crippen molar-refractivity contribution in [3.05, 3.63) is 0 Å². The lowest BCUT2D eigenvalue weighted by atomic mass is 9.84. The number of urea groups is 1. The molecule has 5 atom stereocenters. The molecule has 0 spiro atoms. The van der Waals surface area contributed by atoms with E-state index in [0.717, 1.165) is 12.8 Å². The van der Waals surface area contributed by atoms with Crippen LogP contribution in [0.1, 0.15) is 87.5 Å². The Hall–Kier alpha value is -2.78. The summed E-state index contributed by atoms with van der Waals surface area (Å²) in [4.78, 5) is 67.6. The Bertz CT molecular complexity index is 1300. The second kappa shape index (κ2) is 14.8. The number of nitrogens with one attached hydrogen (secondary N) is 3. The molecule has 0 aromatic heterocycles. The summed E-state index contributed by atoms with van der Waals surface area (Å²) in [6, 6.07) is -4.22. The summed E-state index contributed by atoms with van der Waals surface area (Å²) < 4.78 is 28.6. The van der Waals surface area contributed by atoms with Crippen molar-refractivity contribution in [1.82, 2.24) is 29.5 Å². The molecule has 1 unspecified atom stereocenters. The van der Waals surface area contributed by atoms with Crippen molar-refractivity contribution in [2.75, 3.05) is 33.2 Å².